The highest BCUT2D eigenvalue weighted by Gasteiger charge is 2.21. The minimum absolute atomic E-state index is 0.525. The highest BCUT2D eigenvalue weighted by molar-refractivity contribution is 5.86. The van der Waals surface area contributed by atoms with Crippen molar-refractivity contribution in [2.24, 2.45) is 0 Å². The van der Waals surface area contributed by atoms with Gasteiger partial charge >= 0.3 is 0 Å². The molecular weight excluding hydrogens is 438 g/mol. The topological polar surface area (TPSA) is 95.9 Å². The molecule has 35 heavy (non-hydrogen) atoms. The van der Waals surface area contributed by atoms with E-state index in [0.717, 1.165) is 73.1 Å². The molecule has 0 amide bonds. The lowest BCUT2D eigenvalue weighted by Crippen LogP contribution is -2.47. The molecule has 178 valence electrons. The average molecular weight is 468 g/mol. The summed E-state index contributed by atoms with van der Waals surface area (Å²) in [5, 5.41) is 4.42. The number of hydrogen-bond donors (Lipinski definition) is 1. The first-order valence-electron chi connectivity index (χ1n) is 12.3. The number of hydrogen-bond acceptors (Lipinski definition) is 9. The van der Waals surface area contributed by atoms with Gasteiger partial charge in [-0.2, -0.15) is 4.98 Å². The first kappa shape index (κ1) is 21.6. The Kier molecular flexibility index (Phi) is 5.60. The van der Waals surface area contributed by atoms with Gasteiger partial charge in [-0.25, -0.2) is 24.9 Å². The molecule has 3 aromatic heterocycles. The Hall–Kier alpha value is -3.88. The van der Waals surface area contributed by atoms with Gasteiger partial charge in [-0.1, -0.05) is 12.1 Å². The molecule has 9 nitrogen and oxygen atoms in total. The van der Waals surface area contributed by atoms with E-state index >= 15 is 0 Å². The van der Waals surface area contributed by atoms with Crippen LogP contribution in [0.5, 0.6) is 0 Å². The molecule has 0 spiro atoms. The molecule has 0 atom stereocenters. The van der Waals surface area contributed by atoms with Crippen molar-refractivity contribution in [3.63, 3.8) is 0 Å². The Morgan fingerprint density at radius 3 is 2.37 bits per heavy atom. The minimum Gasteiger partial charge on any atom is -0.353 e. The Balaban J connectivity index is 1.24. The smallest absolute Gasteiger partial charge is 0.231 e. The van der Waals surface area contributed by atoms with Gasteiger partial charge in [-0.15, -0.1) is 0 Å². The number of anilines is 4. The van der Waals surface area contributed by atoms with Crippen LogP contribution in [0.1, 0.15) is 35.4 Å². The fourth-order valence-corrected chi connectivity index (χ4v) is 5.09. The summed E-state index contributed by atoms with van der Waals surface area (Å²) in [5.41, 5.74) is 5.72. The zero-order valence-electron chi connectivity index (χ0n) is 20.2. The summed E-state index contributed by atoms with van der Waals surface area (Å²) in [6.45, 7) is 7.40. The number of benzene rings is 1. The average Bonchev–Trinajstić information content (AvgIpc) is 2.89. The highest BCUT2D eigenvalue weighted by Crippen LogP contribution is 2.30. The molecule has 0 radical (unpaired) electrons. The van der Waals surface area contributed by atoms with Crippen molar-refractivity contribution in [2.75, 3.05) is 41.3 Å². The van der Waals surface area contributed by atoms with Crippen LogP contribution < -0.4 is 15.1 Å². The predicted octanol–water partition coefficient (Wildman–Crippen LogP) is 3.78. The molecule has 1 aromatic carbocycles. The molecule has 0 unspecified atom stereocenters. The summed E-state index contributed by atoms with van der Waals surface area (Å²) < 4.78 is 0. The number of aryl methyl sites for hydroxylation is 4. The van der Waals surface area contributed by atoms with E-state index in [0.29, 0.717) is 11.9 Å². The van der Waals surface area contributed by atoms with Crippen molar-refractivity contribution in [1.29, 1.82) is 0 Å². The van der Waals surface area contributed by atoms with E-state index in [4.69, 9.17) is 15.0 Å². The van der Waals surface area contributed by atoms with Crippen LogP contribution in [0.25, 0.3) is 10.9 Å². The van der Waals surface area contributed by atoms with E-state index in [1.807, 2.05) is 26.0 Å². The predicted molar refractivity (Wildman–Crippen MR) is 137 cm³/mol. The second-order valence-corrected chi connectivity index (χ2v) is 9.28. The molecule has 4 aromatic rings. The molecule has 1 fully saturated rings. The second kappa shape index (κ2) is 9.05. The van der Waals surface area contributed by atoms with E-state index in [1.165, 1.54) is 24.0 Å². The summed E-state index contributed by atoms with van der Waals surface area (Å²) in [6.07, 6.45) is 8.24. The van der Waals surface area contributed by atoms with E-state index in [9.17, 15) is 0 Å². The fraction of sp³-hybridized carbons (Fsp3) is 0.385. The fourth-order valence-electron chi connectivity index (χ4n) is 5.09. The van der Waals surface area contributed by atoms with Gasteiger partial charge < -0.3 is 9.80 Å². The van der Waals surface area contributed by atoms with Crippen LogP contribution in [0.15, 0.2) is 36.7 Å². The molecule has 1 saturated heterocycles. The lowest BCUT2D eigenvalue weighted by molar-refractivity contribution is 0.634. The standard InChI is InChI=1S/C26H29N9/c1-17-16-22(34-12-14-35(15-13-34)26-27-10-5-11-28-26)31-24(29-17)33-25-30-18(2)20-9-8-19-6-3-4-7-21(19)23(20)32-25/h5,8-11,16H,3-4,6-7,12-15H2,1-2H3,(H,29,30,31,32,33). The largest absolute Gasteiger partial charge is 0.353 e. The third-order valence-electron chi connectivity index (χ3n) is 6.89. The third-order valence-corrected chi connectivity index (χ3v) is 6.89. The summed E-state index contributed by atoms with van der Waals surface area (Å²) in [7, 11) is 0. The van der Waals surface area contributed by atoms with Crippen LogP contribution in [0.2, 0.25) is 0 Å². The summed E-state index contributed by atoms with van der Waals surface area (Å²) in [4.78, 5) is 32.3. The van der Waals surface area contributed by atoms with Gasteiger partial charge in [0.1, 0.15) is 5.82 Å². The maximum atomic E-state index is 4.92. The Labute approximate surface area is 204 Å². The normalized spacial score (nSPS) is 15.8. The maximum absolute atomic E-state index is 4.92. The molecule has 0 saturated carbocycles. The van der Waals surface area contributed by atoms with Crippen molar-refractivity contribution in [2.45, 2.75) is 39.5 Å². The van der Waals surface area contributed by atoms with Gasteiger partial charge in [0.15, 0.2) is 0 Å². The SMILES string of the molecule is Cc1cc(N2CCN(c3ncccn3)CC2)nc(Nc2nc(C)c3ccc4c(c3n2)CCCC4)n1. The molecule has 4 heterocycles. The molecule has 1 aliphatic carbocycles. The Bertz CT molecular complexity index is 1360. The maximum Gasteiger partial charge on any atom is 0.231 e. The molecule has 9 heteroatoms. The van der Waals surface area contributed by atoms with Gasteiger partial charge in [-0.3, -0.25) is 5.32 Å². The number of rotatable bonds is 4. The number of nitrogens with one attached hydrogen (secondary N) is 1. The third kappa shape index (κ3) is 4.34. The Morgan fingerprint density at radius 1 is 0.800 bits per heavy atom. The molecule has 1 aliphatic heterocycles. The van der Waals surface area contributed by atoms with Gasteiger partial charge in [0, 0.05) is 55.7 Å². The zero-order valence-corrected chi connectivity index (χ0v) is 20.2. The molecule has 0 bridgehead atoms. The zero-order chi connectivity index (χ0) is 23.8. The summed E-state index contributed by atoms with van der Waals surface area (Å²) in [6, 6.07) is 8.29. The summed E-state index contributed by atoms with van der Waals surface area (Å²) >= 11 is 0. The number of nitrogens with zero attached hydrogens (tertiary/aromatic N) is 8. The van der Waals surface area contributed by atoms with Crippen molar-refractivity contribution in [3.05, 3.63) is 59.2 Å². The highest BCUT2D eigenvalue weighted by atomic mass is 15.3. The van der Waals surface area contributed by atoms with Crippen LogP contribution in [0.4, 0.5) is 23.7 Å². The van der Waals surface area contributed by atoms with Crippen molar-refractivity contribution >= 4 is 34.6 Å². The summed E-state index contributed by atoms with van der Waals surface area (Å²) in [5.74, 6) is 2.76. The molecule has 1 N–H and O–H groups in total. The van der Waals surface area contributed by atoms with Crippen LogP contribution >= 0.6 is 0 Å². The van der Waals surface area contributed by atoms with E-state index in [-0.39, 0.29) is 0 Å². The molecule has 2 aliphatic rings. The lowest BCUT2D eigenvalue weighted by Gasteiger charge is -2.35. The van der Waals surface area contributed by atoms with Crippen LogP contribution in [-0.2, 0) is 12.8 Å². The quantitative estimate of drug-likeness (QED) is 0.481. The van der Waals surface area contributed by atoms with Gasteiger partial charge in [-0.05, 0) is 56.7 Å². The molecular formula is C26H29N9. The number of piperazine rings is 1. The first-order valence-corrected chi connectivity index (χ1v) is 12.3. The van der Waals surface area contributed by atoms with Gasteiger partial charge in [0.05, 0.1) is 11.2 Å². The van der Waals surface area contributed by atoms with Crippen molar-refractivity contribution < 1.29 is 0 Å². The second-order valence-electron chi connectivity index (χ2n) is 9.28. The van der Waals surface area contributed by atoms with Crippen molar-refractivity contribution in [1.82, 2.24) is 29.9 Å². The van der Waals surface area contributed by atoms with E-state index in [2.05, 4.69) is 42.2 Å². The van der Waals surface area contributed by atoms with E-state index < -0.39 is 0 Å². The van der Waals surface area contributed by atoms with E-state index in [1.54, 1.807) is 12.4 Å². The number of fused-ring (bicyclic) bond motifs is 3. The van der Waals surface area contributed by atoms with Crippen LogP contribution in [0.3, 0.4) is 0 Å². The van der Waals surface area contributed by atoms with Gasteiger partial charge in [0.25, 0.3) is 0 Å². The minimum atomic E-state index is 0.525. The van der Waals surface area contributed by atoms with Crippen LogP contribution in [-0.4, -0.2) is 56.1 Å². The monoisotopic (exact) mass is 467 g/mol. The number of aromatic nitrogens is 6. The molecule has 6 rings (SSSR count). The van der Waals surface area contributed by atoms with Crippen LogP contribution in [0, 0.1) is 13.8 Å². The van der Waals surface area contributed by atoms with Gasteiger partial charge in [0.2, 0.25) is 17.8 Å². The van der Waals surface area contributed by atoms with Crippen molar-refractivity contribution in [3.8, 4) is 0 Å². The Morgan fingerprint density at radius 2 is 1.54 bits per heavy atom. The lowest BCUT2D eigenvalue weighted by atomic mass is 9.89. The first-order chi connectivity index (χ1) is 17.1.